The number of carbonyl (C=O) groups is 1. The van der Waals surface area contributed by atoms with Crippen LogP contribution in [0.5, 0.6) is 5.88 Å². The number of carbonyl (C=O) groups excluding carboxylic acids is 1. The molecule has 0 saturated heterocycles. The van der Waals surface area contributed by atoms with Gasteiger partial charge in [0.1, 0.15) is 0 Å². The summed E-state index contributed by atoms with van der Waals surface area (Å²) in [5, 5.41) is 0.284. The van der Waals surface area contributed by atoms with Crippen LogP contribution >= 0.6 is 0 Å². The molecule has 0 atom stereocenters. The summed E-state index contributed by atoms with van der Waals surface area (Å²) in [7, 11) is 1.34. The molecule has 0 N–H and O–H groups in total. The third-order valence-electron chi connectivity index (χ3n) is 2.63. The van der Waals surface area contributed by atoms with Crippen LogP contribution in [0.2, 0.25) is 0 Å². The summed E-state index contributed by atoms with van der Waals surface area (Å²) in [6.07, 6.45) is -4.79. The van der Waals surface area contributed by atoms with E-state index in [1.54, 1.807) is 0 Å². The Kier molecular flexibility index (Phi) is 3.97. The molecule has 2 aromatic heterocycles. The standard InChI is InChI=1S/C13H11F3N2O3/c1-3-21-12(19)8-6-7-4-5-9(20-2)17-11(7)18-10(8)13(14,15)16/h4-6H,3H2,1-2H3. The second-order valence-electron chi connectivity index (χ2n) is 4.00. The third kappa shape index (κ3) is 3.04. The fourth-order valence-electron chi connectivity index (χ4n) is 1.73. The van der Waals surface area contributed by atoms with Crippen LogP contribution in [0.25, 0.3) is 11.0 Å². The van der Waals surface area contributed by atoms with Crippen LogP contribution in [0.3, 0.4) is 0 Å². The fourth-order valence-corrected chi connectivity index (χ4v) is 1.73. The molecule has 0 saturated carbocycles. The highest BCUT2D eigenvalue weighted by atomic mass is 19.4. The van der Waals surface area contributed by atoms with Crippen molar-refractivity contribution in [2.75, 3.05) is 13.7 Å². The molecule has 0 fully saturated rings. The van der Waals surface area contributed by atoms with E-state index < -0.39 is 23.4 Å². The second kappa shape index (κ2) is 5.55. The number of rotatable bonds is 3. The van der Waals surface area contributed by atoms with Gasteiger partial charge in [0, 0.05) is 11.5 Å². The predicted molar refractivity (Wildman–Crippen MR) is 67.0 cm³/mol. The van der Waals surface area contributed by atoms with Gasteiger partial charge in [0.15, 0.2) is 11.3 Å². The summed E-state index contributed by atoms with van der Waals surface area (Å²) >= 11 is 0. The van der Waals surface area contributed by atoms with Crippen molar-refractivity contribution >= 4 is 17.0 Å². The Morgan fingerprint density at radius 3 is 2.57 bits per heavy atom. The van der Waals surface area contributed by atoms with E-state index in [0.717, 1.165) is 6.07 Å². The Labute approximate surface area is 117 Å². The van der Waals surface area contributed by atoms with E-state index in [0.29, 0.717) is 0 Å². The van der Waals surface area contributed by atoms with Gasteiger partial charge in [-0.15, -0.1) is 0 Å². The summed E-state index contributed by atoms with van der Waals surface area (Å²) in [6.45, 7) is 1.47. The van der Waals surface area contributed by atoms with Gasteiger partial charge in [-0.3, -0.25) is 0 Å². The van der Waals surface area contributed by atoms with Gasteiger partial charge in [-0.25, -0.2) is 9.78 Å². The third-order valence-corrected chi connectivity index (χ3v) is 2.63. The topological polar surface area (TPSA) is 61.3 Å². The van der Waals surface area contributed by atoms with Gasteiger partial charge in [-0.1, -0.05) is 0 Å². The zero-order chi connectivity index (χ0) is 15.6. The van der Waals surface area contributed by atoms with Gasteiger partial charge in [0.25, 0.3) is 0 Å². The maximum atomic E-state index is 13.0. The minimum absolute atomic E-state index is 0.0327. The molecule has 0 unspecified atom stereocenters. The minimum Gasteiger partial charge on any atom is -0.481 e. The van der Waals surface area contributed by atoms with Crippen molar-refractivity contribution < 1.29 is 27.4 Å². The van der Waals surface area contributed by atoms with Gasteiger partial charge in [0.2, 0.25) is 5.88 Å². The first-order chi connectivity index (χ1) is 9.86. The quantitative estimate of drug-likeness (QED) is 0.816. The Morgan fingerprint density at radius 1 is 1.29 bits per heavy atom. The number of methoxy groups -OCH3 is 1. The molecule has 21 heavy (non-hydrogen) atoms. The normalized spacial score (nSPS) is 11.5. The first-order valence-electron chi connectivity index (χ1n) is 5.97. The maximum absolute atomic E-state index is 13.0. The molecule has 0 radical (unpaired) electrons. The molecule has 2 rings (SSSR count). The van der Waals surface area contributed by atoms with E-state index in [4.69, 9.17) is 4.74 Å². The number of halogens is 3. The van der Waals surface area contributed by atoms with E-state index in [9.17, 15) is 18.0 Å². The van der Waals surface area contributed by atoms with Crippen LogP contribution in [0.1, 0.15) is 23.0 Å². The van der Waals surface area contributed by atoms with Crippen LogP contribution in [0.15, 0.2) is 18.2 Å². The van der Waals surface area contributed by atoms with Gasteiger partial charge in [-0.05, 0) is 19.1 Å². The number of esters is 1. The minimum atomic E-state index is -4.79. The SMILES string of the molecule is CCOC(=O)c1cc2ccc(OC)nc2nc1C(F)(F)F. The van der Waals surface area contributed by atoms with Crippen LogP contribution in [0, 0.1) is 0 Å². The van der Waals surface area contributed by atoms with Crippen LogP contribution in [0.4, 0.5) is 13.2 Å². The summed E-state index contributed by atoms with van der Waals surface area (Å²) in [4.78, 5) is 18.9. The lowest BCUT2D eigenvalue weighted by atomic mass is 10.1. The van der Waals surface area contributed by atoms with Gasteiger partial charge in [-0.2, -0.15) is 18.2 Å². The number of nitrogens with zero attached hydrogens (tertiary/aromatic N) is 2. The first-order valence-corrected chi connectivity index (χ1v) is 5.97. The summed E-state index contributed by atoms with van der Waals surface area (Å²) in [6, 6.07) is 4.00. The van der Waals surface area contributed by atoms with Crippen LogP contribution < -0.4 is 4.74 Å². The molecule has 0 aliphatic carbocycles. The molecular formula is C13H11F3N2O3. The zero-order valence-corrected chi connectivity index (χ0v) is 11.2. The monoisotopic (exact) mass is 300 g/mol. The number of hydrogen-bond donors (Lipinski definition) is 0. The van der Waals surface area contributed by atoms with Crippen LogP contribution in [-0.2, 0) is 10.9 Å². The molecule has 2 heterocycles. The summed E-state index contributed by atoms with van der Waals surface area (Å²) in [5.41, 5.74) is -2.12. The second-order valence-corrected chi connectivity index (χ2v) is 4.00. The Hall–Kier alpha value is -2.38. The number of fused-ring (bicyclic) bond motifs is 1. The lowest BCUT2D eigenvalue weighted by Gasteiger charge is -2.12. The highest BCUT2D eigenvalue weighted by Crippen LogP contribution is 2.32. The molecule has 2 aromatic rings. The predicted octanol–water partition coefficient (Wildman–Crippen LogP) is 2.83. The van der Waals surface area contributed by atoms with E-state index in [2.05, 4.69) is 14.7 Å². The molecule has 0 spiro atoms. The van der Waals surface area contributed by atoms with Crippen molar-refractivity contribution in [1.29, 1.82) is 0 Å². The Morgan fingerprint density at radius 2 is 2.00 bits per heavy atom. The highest BCUT2D eigenvalue weighted by Gasteiger charge is 2.38. The van der Waals surface area contributed by atoms with E-state index >= 15 is 0 Å². The zero-order valence-electron chi connectivity index (χ0n) is 11.2. The highest BCUT2D eigenvalue weighted by molar-refractivity contribution is 5.94. The number of hydrogen-bond acceptors (Lipinski definition) is 5. The first kappa shape index (κ1) is 15.0. The molecule has 5 nitrogen and oxygen atoms in total. The van der Waals surface area contributed by atoms with Crippen molar-refractivity contribution in [1.82, 2.24) is 9.97 Å². The van der Waals surface area contributed by atoms with Crippen molar-refractivity contribution in [3.8, 4) is 5.88 Å². The smallest absolute Gasteiger partial charge is 0.434 e. The van der Waals surface area contributed by atoms with E-state index in [1.807, 2.05) is 0 Å². The number of aromatic nitrogens is 2. The van der Waals surface area contributed by atoms with Crippen molar-refractivity contribution in [2.24, 2.45) is 0 Å². The van der Waals surface area contributed by atoms with Crippen molar-refractivity contribution in [2.45, 2.75) is 13.1 Å². The molecule has 0 aromatic carbocycles. The Balaban J connectivity index is 2.68. The molecule has 0 aliphatic heterocycles. The van der Waals surface area contributed by atoms with E-state index in [1.165, 1.54) is 26.2 Å². The lowest BCUT2D eigenvalue weighted by molar-refractivity contribution is -0.141. The van der Waals surface area contributed by atoms with Gasteiger partial charge in [0.05, 0.1) is 19.3 Å². The summed E-state index contributed by atoms with van der Waals surface area (Å²) in [5.74, 6) is -0.943. The number of ether oxygens (including phenoxy) is 2. The number of alkyl halides is 3. The summed E-state index contributed by atoms with van der Waals surface area (Å²) < 4.78 is 48.6. The molecule has 112 valence electrons. The fraction of sp³-hybridized carbons (Fsp3) is 0.308. The van der Waals surface area contributed by atoms with Crippen molar-refractivity contribution in [3.63, 3.8) is 0 Å². The van der Waals surface area contributed by atoms with Crippen LogP contribution in [-0.4, -0.2) is 29.7 Å². The van der Waals surface area contributed by atoms with Crippen molar-refractivity contribution in [3.05, 3.63) is 29.5 Å². The average molecular weight is 300 g/mol. The Bertz CT molecular complexity index is 686. The maximum Gasteiger partial charge on any atom is 0.434 e. The van der Waals surface area contributed by atoms with E-state index in [-0.39, 0.29) is 23.5 Å². The molecule has 0 bridgehead atoms. The number of pyridine rings is 2. The average Bonchev–Trinajstić information content (AvgIpc) is 2.44. The lowest BCUT2D eigenvalue weighted by Crippen LogP contribution is -2.17. The van der Waals surface area contributed by atoms with Gasteiger partial charge < -0.3 is 9.47 Å². The van der Waals surface area contributed by atoms with Gasteiger partial charge >= 0.3 is 12.1 Å². The molecular weight excluding hydrogens is 289 g/mol. The molecule has 0 amide bonds. The largest absolute Gasteiger partial charge is 0.481 e. The molecule has 8 heteroatoms. The molecule has 0 aliphatic rings.